The van der Waals surface area contributed by atoms with E-state index < -0.39 is 53.4 Å². The monoisotopic (exact) mass is 1600 g/mol. The molecule has 39 heteroatoms. The van der Waals surface area contributed by atoms with Gasteiger partial charge in [0.1, 0.15) is 41.5 Å². The van der Waals surface area contributed by atoms with Crippen molar-refractivity contribution in [2.45, 2.75) is 58.0 Å². The van der Waals surface area contributed by atoms with Gasteiger partial charge in [-0.25, -0.2) is 15.0 Å². The highest BCUT2D eigenvalue weighted by Crippen LogP contribution is 2.39. The van der Waals surface area contributed by atoms with E-state index in [2.05, 4.69) is 86.8 Å². The van der Waals surface area contributed by atoms with E-state index in [0.29, 0.717) is 113 Å². The molecule has 113 heavy (non-hydrogen) atoms. The summed E-state index contributed by atoms with van der Waals surface area (Å²) < 4.78 is 47.2. The molecule has 0 bridgehead atoms. The van der Waals surface area contributed by atoms with E-state index in [1.165, 1.54) is 38.4 Å². The fraction of sp³-hybridized carbons (Fsp3) is 0.419. The zero-order valence-corrected chi connectivity index (χ0v) is 65.2. The van der Waals surface area contributed by atoms with Gasteiger partial charge in [-0.1, -0.05) is 23.7 Å². The topological polar surface area (TPSA) is 431 Å². The van der Waals surface area contributed by atoms with Gasteiger partial charge in [-0.3, -0.25) is 52.7 Å². The summed E-state index contributed by atoms with van der Waals surface area (Å²) >= 11 is 7.88. The first-order valence-electron chi connectivity index (χ1n) is 36.4. The second kappa shape index (κ2) is 41.7. The molecule has 9 amide bonds. The summed E-state index contributed by atoms with van der Waals surface area (Å²) in [7, 11) is 8.13. The van der Waals surface area contributed by atoms with Crippen LogP contribution in [0.25, 0.3) is 5.00 Å². The van der Waals surface area contributed by atoms with Crippen LogP contribution in [0.15, 0.2) is 109 Å². The number of aromatic nitrogens is 10. The number of aliphatic imine (C=N–C) groups is 1. The van der Waals surface area contributed by atoms with Crippen molar-refractivity contribution in [2.75, 3.05) is 140 Å². The maximum Gasteiger partial charge on any atom is 0.291 e. The molecule has 0 fully saturated rings. The number of ether oxygens (including phenoxy) is 7. The summed E-state index contributed by atoms with van der Waals surface area (Å²) in [6, 6.07) is 14.9. The number of rotatable bonds is 44. The Morgan fingerprint density at radius 3 is 1.73 bits per heavy atom. The van der Waals surface area contributed by atoms with Gasteiger partial charge in [-0.05, 0) is 61.9 Å². The summed E-state index contributed by atoms with van der Waals surface area (Å²) in [6.45, 7) is 9.08. The SMILES string of the molecule is Cc1sc2c(c1C)C(c1ccc(Cl)cc1)=N[C@@H](CC(=O)Nc1ccc(OCCOCCOCCOCCOCCOCCOCCNC(=O)CCNC(=O)c3nc(NC(=O)CCNC(=O)C4CC(NC(=O)c5nc(NC(=O)CCNC(=O)c6cc(NC(=O)c7nccn7C)cn6C)cn5C)=CN4C)cn3C)cc1)c1nncn1-2. The van der Waals surface area contributed by atoms with Gasteiger partial charge in [-0.15, -0.1) is 21.5 Å². The molecule has 8 heterocycles. The van der Waals surface area contributed by atoms with Crippen LogP contribution in [0.1, 0.15) is 108 Å². The van der Waals surface area contributed by atoms with Gasteiger partial charge < -0.3 is 104 Å². The number of carbonyl (C=O) groups is 9. The second-order valence-electron chi connectivity index (χ2n) is 26.0. The van der Waals surface area contributed by atoms with E-state index >= 15 is 0 Å². The van der Waals surface area contributed by atoms with Crippen LogP contribution in [0.4, 0.5) is 23.0 Å². The molecule has 0 spiro atoms. The van der Waals surface area contributed by atoms with Crippen LogP contribution < -0.4 is 52.6 Å². The highest BCUT2D eigenvalue weighted by atomic mass is 35.5. The van der Waals surface area contributed by atoms with Crippen molar-refractivity contribution in [2.24, 2.45) is 33.2 Å². The Hall–Kier alpha value is -11.5. The molecular weight excluding hydrogens is 1510 g/mol. The van der Waals surface area contributed by atoms with Crippen LogP contribution in [0, 0.1) is 13.8 Å². The third-order valence-electron chi connectivity index (χ3n) is 17.5. The fourth-order valence-electron chi connectivity index (χ4n) is 11.7. The Labute approximate surface area is 659 Å². The lowest BCUT2D eigenvalue weighted by Crippen LogP contribution is -2.42. The largest absolute Gasteiger partial charge is 0.491 e. The zero-order chi connectivity index (χ0) is 80.3. The van der Waals surface area contributed by atoms with E-state index in [-0.39, 0.29) is 112 Å². The van der Waals surface area contributed by atoms with E-state index in [1.54, 1.807) is 105 Å². The van der Waals surface area contributed by atoms with Crippen molar-refractivity contribution < 1.29 is 76.3 Å². The molecule has 602 valence electrons. The number of fused-ring (bicyclic) bond motifs is 3. The first-order valence-corrected chi connectivity index (χ1v) is 37.5. The van der Waals surface area contributed by atoms with Crippen molar-refractivity contribution in [3.8, 4) is 10.8 Å². The summed E-state index contributed by atoms with van der Waals surface area (Å²) in [4.78, 5) is 137. The summed E-state index contributed by atoms with van der Waals surface area (Å²) in [6.07, 6.45) is 10.8. The summed E-state index contributed by atoms with van der Waals surface area (Å²) in [5.41, 5.74) is 5.43. The summed E-state index contributed by atoms with van der Waals surface area (Å²) in [5, 5.41) is 34.7. The molecule has 0 saturated heterocycles. The van der Waals surface area contributed by atoms with E-state index in [9.17, 15) is 43.2 Å². The van der Waals surface area contributed by atoms with Gasteiger partial charge in [-0.2, -0.15) is 0 Å². The molecule has 37 nitrogen and oxygen atoms in total. The van der Waals surface area contributed by atoms with Crippen molar-refractivity contribution in [1.29, 1.82) is 0 Å². The molecule has 0 aliphatic carbocycles. The molecule has 0 saturated carbocycles. The first-order chi connectivity index (χ1) is 54.5. The molecule has 2 aliphatic heterocycles. The number of thiophene rings is 1. The summed E-state index contributed by atoms with van der Waals surface area (Å²) in [5.74, 6) is -2.37. The lowest BCUT2D eigenvalue weighted by Gasteiger charge is -2.19. The van der Waals surface area contributed by atoms with Crippen LogP contribution in [-0.4, -0.2) is 237 Å². The van der Waals surface area contributed by atoms with E-state index in [4.69, 9.17) is 49.8 Å². The van der Waals surface area contributed by atoms with Crippen LogP contribution >= 0.6 is 22.9 Å². The third kappa shape index (κ3) is 24.5. The number of aryl methyl sites for hydroxylation is 5. The number of carbonyl (C=O) groups excluding carboxylic acids is 9. The van der Waals surface area contributed by atoms with Gasteiger partial charge in [0.15, 0.2) is 23.3 Å². The molecule has 8 aromatic rings. The normalized spacial score (nSPS) is 13.6. The predicted octanol–water partition coefficient (Wildman–Crippen LogP) is 3.90. The molecule has 0 radical (unpaired) electrons. The molecule has 2 aromatic carbocycles. The lowest BCUT2D eigenvalue weighted by atomic mass is 9.99. The van der Waals surface area contributed by atoms with E-state index in [0.717, 1.165) is 32.3 Å². The van der Waals surface area contributed by atoms with Crippen molar-refractivity contribution in [3.63, 3.8) is 0 Å². The number of nitrogens with one attached hydrogen (secondary N) is 9. The first kappa shape index (κ1) is 83.9. The Bertz CT molecular complexity index is 4700. The maximum absolute atomic E-state index is 13.5. The minimum atomic E-state index is -0.706. The van der Waals surface area contributed by atoms with Gasteiger partial charge in [0.2, 0.25) is 41.2 Å². The minimum absolute atomic E-state index is 0.00355. The smallest absolute Gasteiger partial charge is 0.291 e. The standard InChI is InChI=1S/C74H92ClN21O16S/c1-46-47(2)113-74-63(46)64(48-8-10-49(75)11-9-48)85-54(65-90-81-45-96(65)74)40-62(100)82-50-12-14-53(15-13-50)112-37-36-111-35-34-110-33-32-109-31-30-108-29-28-107-27-26-106-25-23-76-59(97)16-19-80-71(103)67-88-57(43-94(67)6)86-60(98)17-20-79-70(102)56-39-52(42-93(56)5)84-73(105)68-89-58(44-95(68)7)87-61(99)18-21-78-69(101)55-38-51(41-92(55)4)83-72(104)66-77-22-24-91(66)3/h8-15,22,24,38,41-45,54,56H,16-21,23,25-37,39-40H2,1-7H3,(H,76,97)(H,78,101)(H,79,102)(H,80,103)(H,82,100)(H,83,104)(H,84,105)(H,86,98)(H,87,99)/t54-,56?/m0/s1. The molecule has 10 rings (SSSR count). The molecule has 9 N–H and O–H groups in total. The number of imidazole rings is 3. The Kier molecular flexibility index (Phi) is 31.0. The zero-order valence-electron chi connectivity index (χ0n) is 63.6. The van der Waals surface area contributed by atoms with Crippen LogP contribution in [0.2, 0.25) is 5.02 Å². The van der Waals surface area contributed by atoms with Crippen LogP contribution in [0.5, 0.6) is 5.75 Å². The molecular formula is C74H92ClN21O16S. The van der Waals surface area contributed by atoms with Crippen molar-refractivity contribution in [1.82, 2.24) is 79.5 Å². The highest BCUT2D eigenvalue weighted by molar-refractivity contribution is 7.15. The Morgan fingerprint density at radius 2 is 1.12 bits per heavy atom. The van der Waals surface area contributed by atoms with E-state index in [1.807, 2.05) is 28.8 Å². The maximum atomic E-state index is 13.5. The number of hydrogen-bond acceptors (Lipinski definition) is 24. The van der Waals surface area contributed by atoms with Crippen LogP contribution in [0.3, 0.4) is 0 Å². The number of likely N-dealkylation sites (N-methyl/N-ethyl adjacent to an activating group) is 1. The number of anilines is 4. The molecule has 1 unspecified atom stereocenters. The third-order valence-corrected chi connectivity index (χ3v) is 19.0. The van der Waals surface area contributed by atoms with Gasteiger partial charge in [0, 0.05) is 157 Å². The fourth-order valence-corrected chi connectivity index (χ4v) is 13.0. The average Bonchev–Trinajstić information content (AvgIpc) is 1.61. The van der Waals surface area contributed by atoms with Gasteiger partial charge in [0.25, 0.3) is 23.6 Å². The quantitative estimate of drug-likeness (QED) is 0.0244. The number of benzene rings is 2. The Balaban J connectivity index is 0.481. The van der Waals surface area contributed by atoms with Crippen molar-refractivity contribution >= 4 is 105 Å². The van der Waals surface area contributed by atoms with Gasteiger partial charge in [0.05, 0.1) is 97.1 Å². The minimum Gasteiger partial charge on any atom is -0.491 e. The molecule has 2 aliphatic rings. The Morgan fingerprint density at radius 1 is 0.549 bits per heavy atom. The number of halogens is 1. The number of hydrogen-bond donors (Lipinski definition) is 9. The molecule has 2 atom stereocenters. The van der Waals surface area contributed by atoms with Crippen molar-refractivity contribution in [3.05, 3.63) is 159 Å². The van der Waals surface area contributed by atoms with Crippen LogP contribution in [-0.2, 0) is 80.6 Å². The second-order valence-corrected chi connectivity index (χ2v) is 27.6. The average molecular weight is 1600 g/mol. The number of amides is 9. The lowest BCUT2D eigenvalue weighted by molar-refractivity contribution is -0.125. The van der Waals surface area contributed by atoms with Gasteiger partial charge >= 0.3 is 0 Å². The highest BCUT2D eigenvalue weighted by Gasteiger charge is 2.33. The molecule has 6 aromatic heterocycles. The number of nitrogens with zero attached hydrogens (tertiary/aromatic N) is 12. The predicted molar refractivity (Wildman–Crippen MR) is 415 cm³/mol.